The van der Waals surface area contributed by atoms with E-state index in [-0.39, 0.29) is 0 Å². The Bertz CT molecular complexity index is 276. The first-order valence-electron chi connectivity index (χ1n) is 4.86. The third-order valence-electron chi connectivity index (χ3n) is 2.47. The molecule has 1 aromatic rings. The maximum Gasteiger partial charge on any atom is 0.0669 e. The average Bonchev–Trinajstić information content (AvgIpc) is 2.38. The predicted octanol–water partition coefficient (Wildman–Crippen LogP) is 1.05. The van der Waals surface area contributed by atoms with E-state index < -0.39 is 0 Å². The van der Waals surface area contributed by atoms with Gasteiger partial charge in [-0.1, -0.05) is 6.92 Å². The lowest BCUT2D eigenvalue weighted by Gasteiger charge is -1.98. The van der Waals surface area contributed by atoms with E-state index in [0.29, 0.717) is 0 Å². The summed E-state index contributed by atoms with van der Waals surface area (Å²) in [7, 11) is 3.99. The monoisotopic (exact) mass is 181 g/mol. The van der Waals surface area contributed by atoms with Gasteiger partial charge < -0.3 is 5.32 Å². The van der Waals surface area contributed by atoms with Gasteiger partial charge in [0, 0.05) is 25.7 Å². The topological polar surface area (TPSA) is 29.9 Å². The van der Waals surface area contributed by atoms with Crippen LogP contribution in [0.15, 0.2) is 0 Å². The number of hydrogen-bond donors (Lipinski definition) is 1. The molecule has 0 unspecified atom stereocenters. The van der Waals surface area contributed by atoms with Crippen molar-refractivity contribution in [2.45, 2.75) is 26.7 Å². The maximum absolute atomic E-state index is 4.50. The van der Waals surface area contributed by atoms with E-state index in [2.05, 4.69) is 24.3 Å². The molecular weight excluding hydrogens is 162 g/mol. The van der Waals surface area contributed by atoms with E-state index >= 15 is 0 Å². The highest BCUT2D eigenvalue weighted by Gasteiger charge is 2.09. The van der Waals surface area contributed by atoms with Crippen molar-refractivity contribution in [3.63, 3.8) is 0 Å². The van der Waals surface area contributed by atoms with Crippen LogP contribution in [0, 0.1) is 6.92 Å². The number of likely N-dealkylation sites (N-methyl/N-ethyl adjacent to an activating group) is 1. The highest BCUT2D eigenvalue weighted by atomic mass is 15.3. The Labute approximate surface area is 80.1 Å². The number of aryl methyl sites for hydroxylation is 1. The predicted molar refractivity (Wildman–Crippen MR) is 55.0 cm³/mol. The molecule has 0 saturated heterocycles. The first-order chi connectivity index (χ1) is 6.20. The Hall–Kier alpha value is -0.830. The van der Waals surface area contributed by atoms with Crippen LogP contribution >= 0.6 is 0 Å². The summed E-state index contributed by atoms with van der Waals surface area (Å²) in [5.41, 5.74) is 3.94. The molecule has 1 N–H and O–H groups in total. The molecule has 0 aliphatic rings. The molecule has 0 aliphatic heterocycles. The minimum absolute atomic E-state index is 1.00. The number of nitrogens with zero attached hydrogens (tertiary/aromatic N) is 2. The SMILES string of the molecule is CCc1c(C)c(CCNC)nn1C. The van der Waals surface area contributed by atoms with Crippen LogP contribution in [-0.4, -0.2) is 23.4 Å². The smallest absolute Gasteiger partial charge is 0.0669 e. The molecule has 13 heavy (non-hydrogen) atoms. The Kier molecular flexibility index (Phi) is 3.48. The molecule has 0 saturated carbocycles. The molecule has 0 fully saturated rings. The van der Waals surface area contributed by atoms with Gasteiger partial charge in [-0.25, -0.2) is 0 Å². The summed E-state index contributed by atoms with van der Waals surface area (Å²) in [6.07, 6.45) is 2.09. The number of rotatable bonds is 4. The molecule has 0 spiro atoms. The van der Waals surface area contributed by atoms with Gasteiger partial charge in [0.1, 0.15) is 0 Å². The molecule has 0 aromatic carbocycles. The van der Waals surface area contributed by atoms with Gasteiger partial charge in [0.05, 0.1) is 5.69 Å². The Balaban J connectivity index is 2.83. The van der Waals surface area contributed by atoms with Crippen molar-refractivity contribution < 1.29 is 0 Å². The van der Waals surface area contributed by atoms with Crippen LogP contribution in [0.25, 0.3) is 0 Å². The molecule has 1 heterocycles. The molecule has 3 heteroatoms. The average molecular weight is 181 g/mol. The quantitative estimate of drug-likeness (QED) is 0.752. The minimum Gasteiger partial charge on any atom is -0.319 e. The van der Waals surface area contributed by atoms with Gasteiger partial charge in [0.25, 0.3) is 0 Å². The third kappa shape index (κ3) is 2.10. The molecule has 0 atom stereocenters. The van der Waals surface area contributed by atoms with Crippen molar-refractivity contribution in [2.24, 2.45) is 7.05 Å². The van der Waals surface area contributed by atoms with Gasteiger partial charge in [-0.3, -0.25) is 4.68 Å². The lowest BCUT2D eigenvalue weighted by Crippen LogP contribution is -2.11. The van der Waals surface area contributed by atoms with Gasteiger partial charge in [-0.2, -0.15) is 5.10 Å². The maximum atomic E-state index is 4.50. The molecule has 0 radical (unpaired) electrons. The zero-order valence-corrected chi connectivity index (χ0v) is 9.02. The van der Waals surface area contributed by atoms with Gasteiger partial charge in [0.2, 0.25) is 0 Å². The Morgan fingerprint density at radius 2 is 2.15 bits per heavy atom. The van der Waals surface area contributed by atoms with Crippen molar-refractivity contribution in [3.8, 4) is 0 Å². The first kappa shape index (κ1) is 10.3. The Morgan fingerprint density at radius 1 is 1.46 bits per heavy atom. The van der Waals surface area contributed by atoms with Crippen molar-refractivity contribution in [2.75, 3.05) is 13.6 Å². The number of hydrogen-bond acceptors (Lipinski definition) is 2. The normalized spacial score (nSPS) is 10.8. The van der Waals surface area contributed by atoms with Crippen LogP contribution in [0.3, 0.4) is 0 Å². The molecule has 74 valence electrons. The standard InChI is InChI=1S/C10H19N3/c1-5-10-8(2)9(6-7-11-3)12-13(10)4/h11H,5-7H2,1-4H3. The summed E-state index contributed by atoms with van der Waals surface area (Å²) in [6, 6.07) is 0. The fourth-order valence-corrected chi connectivity index (χ4v) is 1.70. The van der Waals surface area contributed by atoms with Crippen molar-refractivity contribution >= 4 is 0 Å². The van der Waals surface area contributed by atoms with E-state index in [1.807, 2.05) is 18.8 Å². The van der Waals surface area contributed by atoms with Crippen LogP contribution in [0.5, 0.6) is 0 Å². The molecular formula is C10H19N3. The van der Waals surface area contributed by atoms with Gasteiger partial charge in [-0.15, -0.1) is 0 Å². The fourth-order valence-electron chi connectivity index (χ4n) is 1.70. The zero-order chi connectivity index (χ0) is 9.84. The second kappa shape index (κ2) is 4.42. The largest absolute Gasteiger partial charge is 0.319 e. The number of aromatic nitrogens is 2. The molecule has 0 amide bonds. The van der Waals surface area contributed by atoms with Crippen LogP contribution < -0.4 is 5.32 Å². The summed E-state index contributed by atoms with van der Waals surface area (Å²) in [4.78, 5) is 0. The number of nitrogens with one attached hydrogen (secondary N) is 1. The van der Waals surface area contributed by atoms with Crippen molar-refractivity contribution in [1.82, 2.24) is 15.1 Å². The second-order valence-electron chi connectivity index (χ2n) is 3.35. The van der Waals surface area contributed by atoms with Crippen LogP contribution in [-0.2, 0) is 19.9 Å². The molecule has 1 aromatic heterocycles. The summed E-state index contributed by atoms with van der Waals surface area (Å²) in [5, 5.41) is 7.64. The third-order valence-corrected chi connectivity index (χ3v) is 2.47. The molecule has 1 rings (SSSR count). The fraction of sp³-hybridized carbons (Fsp3) is 0.700. The van der Waals surface area contributed by atoms with Gasteiger partial charge in [0.15, 0.2) is 0 Å². The van der Waals surface area contributed by atoms with Crippen LogP contribution in [0.1, 0.15) is 23.9 Å². The summed E-state index contributed by atoms with van der Waals surface area (Å²) >= 11 is 0. The molecule has 0 aliphatic carbocycles. The van der Waals surface area contributed by atoms with E-state index in [0.717, 1.165) is 19.4 Å². The lowest BCUT2D eigenvalue weighted by atomic mass is 10.1. The summed E-state index contributed by atoms with van der Waals surface area (Å²) in [5.74, 6) is 0. The zero-order valence-electron chi connectivity index (χ0n) is 9.02. The van der Waals surface area contributed by atoms with Crippen LogP contribution in [0.4, 0.5) is 0 Å². The lowest BCUT2D eigenvalue weighted by molar-refractivity contribution is 0.690. The first-order valence-corrected chi connectivity index (χ1v) is 4.86. The minimum atomic E-state index is 1.00. The van der Waals surface area contributed by atoms with E-state index in [1.54, 1.807) is 0 Å². The summed E-state index contributed by atoms with van der Waals surface area (Å²) < 4.78 is 2.00. The highest BCUT2D eigenvalue weighted by Crippen LogP contribution is 2.12. The van der Waals surface area contributed by atoms with E-state index in [9.17, 15) is 0 Å². The highest BCUT2D eigenvalue weighted by molar-refractivity contribution is 5.24. The van der Waals surface area contributed by atoms with Crippen LogP contribution in [0.2, 0.25) is 0 Å². The van der Waals surface area contributed by atoms with Gasteiger partial charge >= 0.3 is 0 Å². The van der Waals surface area contributed by atoms with Crippen molar-refractivity contribution in [1.29, 1.82) is 0 Å². The summed E-state index contributed by atoms with van der Waals surface area (Å²) in [6.45, 7) is 5.34. The molecule has 3 nitrogen and oxygen atoms in total. The Morgan fingerprint density at radius 3 is 2.62 bits per heavy atom. The second-order valence-corrected chi connectivity index (χ2v) is 3.35. The van der Waals surface area contributed by atoms with E-state index in [1.165, 1.54) is 17.0 Å². The van der Waals surface area contributed by atoms with Crippen molar-refractivity contribution in [3.05, 3.63) is 17.0 Å². The van der Waals surface area contributed by atoms with E-state index in [4.69, 9.17) is 0 Å². The van der Waals surface area contributed by atoms with Gasteiger partial charge in [-0.05, 0) is 26.0 Å². The molecule has 0 bridgehead atoms.